The Kier molecular flexibility index (Phi) is 8.55. The second kappa shape index (κ2) is 14.4. The maximum absolute atomic E-state index is 2.37. The van der Waals surface area contributed by atoms with Crippen molar-refractivity contribution in [2.24, 2.45) is 0 Å². The average molecular weight is 715 g/mol. The third-order valence-corrected chi connectivity index (χ3v) is 10.8. The van der Waals surface area contributed by atoms with Gasteiger partial charge in [0.1, 0.15) is 0 Å². The Morgan fingerprint density at radius 1 is 0.268 bits per heavy atom. The molecule has 264 valence electrons. The average Bonchev–Trinajstić information content (AvgIpc) is 3.62. The van der Waals surface area contributed by atoms with Crippen LogP contribution in [0.3, 0.4) is 0 Å². The van der Waals surface area contributed by atoms with Crippen LogP contribution in [0.15, 0.2) is 231 Å². The Morgan fingerprint density at radius 2 is 0.643 bits per heavy atom. The van der Waals surface area contributed by atoms with Gasteiger partial charge in [-0.15, -0.1) is 0 Å². The minimum Gasteiger partial charge on any atom is -0.311 e. The van der Waals surface area contributed by atoms with Crippen molar-refractivity contribution >= 4 is 38.9 Å². The number of hydrogen-bond acceptors (Lipinski definition) is 1. The van der Waals surface area contributed by atoms with Crippen molar-refractivity contribution in [3.63, 3.8) is 0 Å². The molecule has 0 spiro atoms. The van der Waals surface area contributed by atoms with E-state index in [1.807, 2.05) is 0 Å². The molecule has 1 aromatic heterocycles. The van der Waals surface area contributed by atoms with Crippen LogP contribution >= 0.6 is 0 Å². The summed E-state index contributed by atoms with van der Waals surface area (Å²) < 4.78 is 2.37. The molecule has 9 aromatic carbocycles. The zero-order chi connectivity index (χ0) is 37.3. The molecule has 56 heavy (non-hydrogen) atoms. The fraction of sp³-hybridized carbons (Fsp3) is 0. The first-order chi connectivity index (χ1) is 27.8. The van der Waals surface area contributed by atoms with Gasteiger partial charge in [0.25, 0.3) is 0 Å². The van der Waals surface area contributed by atoms with Gasteiger partial charge in [-0.25, -0.2) is 0 Å². The highest BCUT2D eigenvalue weighted by molar-refractivity contribution is 6.09. The molecule has 0 saturated carbocycles. The van der Waals surface area contributed by atoms with Gasteiger partial charge in [-0.2, -0.15) is 0 Å². The third-order valence-electron chi connectivity index (χ3n) is 10.8. The van der Waals surface area contributed by atoms with Crippen LogP contribution < -0.4 is 4.90 Å². The summed E-state index contributed by atoms with van der Waals surface area (Å²) in [5, 5.41) is 2.52. The lowest BCUT2D eigenvalue weighted by Gasteiger charge is -2.26. The Hall–Kier alpha value is -7.42. The van der Waals surface area contributed by atoms with Crippen LogP contribution in [0.1, 0.15) is 0 Å². The first kappa shape index (κ1) is 33.2. The molecular formula is C54H38N2. The molecule has 0 aliphatic heterocycles. The molecule has 10 rings (SSSR count). The fourth-order valence-corrected chi connectivity index (χ4v) is 8.09. The lowest BCUT2D eigenvalue weighted by atomic mass is 9.91. The van der Waals surface area contributed by atoms with Crippen LogP contribution in [0.5, 0.6) is 0 Å². The maximum Gasteiger partial charge on any atom is 0.0541 e. The first-order valence-corrected chi connectivity index (χ1v) is 19.2. The van der Waals surface area contributed by atoms with E-state index in [-0.39, 0.29) is 0 Å². The Bertz CT molecular complexity index is 2860. The molecule has 0 atom stereocenters. The zero-order valence-electron chi connectivity index (χ0n) is 30.8. The molecule has 0 aliphatic rings. The molecule has 0 aliphatic carbocycles. The van der Waals surface area contributed by atoms with Gasteiger partial charge >= 0.3 is 0 Å². The van der Waals surface area contributed by atoms with Crippen molar-refractivity contribution in [2.75, 3.05) is 4.90 Å². The standard InChI is InChI=1S/C54H38N2/c1-4-14-39(15-5-1)40-24-29-45(30-25-40)55(47-33-35-48(36-34-47)56-53-22-12-10-20-50(53)51-21-11-13-23-54(51)56)46-31-26-41(27-32-46)44-28-37-49(42-16-6-2-7-17-42)52(38-44)43-18-8-3-9-19-43/h1-38H. The fourth-order valence-electron chi connectivity index (χ4n) is 8.09. The number of aromatic nitrogens is 1. The molecule has 2 heteroatoms. The number of anilines is 3. The highest BCUT2D eigenvalue weighted by Crippen LogP contribution is 2.40. The van der Waals surface area contributed by atoms with E-state index in [0.29, 0.717) is 0 Å². The van der Waals surface area contributed by atoms with E-state index in [4.69, 9.17) is 0 Å². The topological polar surface area (TPSA) is 8.17 Å². The van der Waals surface area contributed by atoms with Crippen LogP contribution in [0.4, 0.5) is 17.1 Å². The third kappa shape index (κ3) is 6.14. The molecule has 0 N–H and O–H groups in total. The van der Waals surface area contributed by atoms with E-state index in [9.17, 15) is 0 Å². The van der Waals surface area contributed by atoms with Crippen LogP contribution in [-0.2, 0) is 0 Å². The van der Waals surface area contributed by atoms with Gasteiger partial charge in [-0.3, -0.25) is 0 Å². The molecule has 0 fully saturated rings. The van der Waals surface area contributed by atoms with Gasteiger partial charge in [-0.05, 0) is 111 Å². The smallest absolute Gasteiger partial charge is 0.0541 e. The van der Waals surface area contributed by atoms with Crippen LogP contribution in [-0.4, -0.2) is 4.57 Å². The van der Waals surface area contributed by atoms with Crippen LogP contribution in [0.25, 0.3) is 72.0 Å². The number of fused-ring (bicyclic) bond motifs is 3. The van der Waals surface area contributed by atoms with E-state index in [1.54, 1.807) is 0 Å². The second-order valence-electron chi connectivity index (χ2n) is 14.2. The number of rotatable bonds is 8. The highest BCUT2D eigenvalue weighted by atomic mass is 15.1. The minimum absolute atomic E-state index is 1.09. The largest absolute Gasteiger partial charge is 0.311 e. The zero-order valence-corrected chi connectivity index (χ0v) is 30.8. The molecular weight excluding hydrogens is 677 g/mol. The minimum atomic E-state index is 1.09. The quantitative estimate of drug-likeness (QED) is 0.152. The summed E-state index contributed by atoms with van der Waals surface area (Å²) >= 11 is 0. The Labute approximate surface area is 327 Å². The summed E-state index contributed by atoms with van der Waals surface area (Å²) in [6.07, 6.45) is 0. The van der Waals surface area contributed by atoms with Crippen LogP contribution in [0, 0.1) is 0 Å². The Balaban J connectivity index is 1.05. The van der Waals surface area contributed by atoms with Gasteiger partial charge in [0.2, 0.25) is 0 Å². The van der Waals surface area contributed by atoms with Crippen molar-refractivity contribution in [3.05, 3.63) is 231 Å². The van der Waals surface area contributed by atoms with Crippen molar-refractivity contribution in [3.8, 4) is 50.2 Å². The van der Waals surface area contributed by atoms with Gasteiger partial charge in [0, 0.05) is 33.5 Å². The van der Waals surface area contributed by atoms with Gasteiger partial charge in [0.05, 0.1) is 11.0 Å². The van der Waals surface area contributed by atoms with Gasteiger partial charge in [-0.1, -0.05) is 164 Å². The maximum atomic E-state index is 2.37. The van der Waals surface area contributed by atoms with E-state index >= 15 is 0 Å². The number of nitrogens with zero attached hydrogens (tertiary/aromatic N) is 2. The van der Waals surface area contributed by atoms with Crippen molar-refractivity contribution in [2.45, 2.75) is 0 Å². The summed E-state index contributed by atoms with van der Waals surface area (Å²) in [5.74, 6) is 0. The van der Waals surface area contributed by atoms with Crippen molar-refractivity contribution < 1.29 is 0 Å². The summed E-state index contributed by atoms with van der Waals surface area (Å²) in [5.41, 5.74) is 16.5. The highest BCUT2D eigenvalue weighted by Gasteiger charge is 2.16. The number of para-hydroxylation sites is 2. The first-order valence-electron chi connectivity index (χ1n) is 19.2. The normalized spacial score (nSPS) is 11.2. The summed E-state index contributed by atoms with van der Waals surface area (Å²) in [7, 11) is 0. The molecule has 0 radical (unpaired) electrons. The van der Waals surface area contributed by atoms with Crippen LogP contribution in [0.2, 0.25) is 0 Å². The lowest BCUT2D eigenvalue weighted by Crippen LogP contribution is -2.10. The number of benzene rings is 9. The van der Waals surface area contributed by atoms with E-state index in [1.165, 1.54) is 66.3 Å². The summed E-state index contributed by atoms with van der Waals surface area (Å²) in [4.78, 5) is 2.35. The van der Waals surface area contributed by atoms with Crippen molar-refractivity contribution in [1.82, 2.24) is 4.57 Å². The van der Waals surface area contributed by atoms with E-state index in [0.717, 1.165) is 22.7 Å². The monoisotopic (exact) mass is 714 g/mol. The van der Waals surface area contributed by atoms with Crippen molar-refractivity contribution in [1.29, 1.82) is 0 Å². The Morgan fingerprint density at radius 3 is 1.16 bits per heavy atom. The lowest BCUT2D eigenvalue weighted by molar-refractivity contribution is 1.17. The molecule has 0 unspecified atom stereocenters. The second-order valence-corrected chi connectivity index (χ2v) is 14.2. The molecule has 0 amide bonds. The number of hydrogen-bond donors (Lipinski definition) is 0. The molecule has 0 bridgehead atoms. The van der Waals surface area contributed by atoms with Gasteiger partial charge < -0.3 is 9.47 Å². The van der Waals surface area contributed by atoms with E-state index in [2.05, 4.69) is 240 Å². The SMILES string of the molecule is c1ccc(-c2ccc(N(c3ccc(-c4ccc(-c5ccccc5)c(-c5ccccc5)c4)cc3)c3ccc(-n4c5ccccc5c5ccccc54)cc3)cc2)cc1. The molecule has 1 heterocycles. The summed E-state index contributed by atoms with van der Waals surface area (Å²) in [6.45, 7) is 0. The summed E-state index contributed by atoms with van der Waals surface area (Å²) in [6, 6.07) is 83.0. The van der Waals surface area contributed by atoms with Gasteiger partial charge in [0.15, 0.2) is 0 Å². The molecule has 10 aromatic rings. The van der Waals surface area contributed by atoms with E-state index < -0.39 is 0 Å². The molecule has 0 saturated heterocycles. The predicted molar refractivity (Wildman–Crippen MR) is 237 cm³/mol. The molecule has 2 nitrogen and oxygen atoms in total. The predicted octanol–water partition coefficient (Wildman–Crippen LogP) is 14.9.